The fourth-order valence-electron chi connectivity index (χ4n) is 3.41. The van der Waals surface area contributed by atoms with Gasteiger partial charge in [0.05, 0.1) is 5.92 Å². The van der Waals surface area contributed by atoms with Gasteiger partial charge in [-0.3, -0.25) is 19.4 Å². The van der Waals surface area contributed by atoms with E-state index in [4.69, 9.17) is 15.6 Å². The minimum atomic E-state index is -0.872. The molecule has 0 unspecified atom stereocenters. The van der Waals surface area contributed by atoms with E-state index >= 15 is 0 Å². The molecule has 0 aliphatic carbocycles. The maximum Gasteiger partial charge on any atom is 0.306 e. The number of amides is 1. The van der Waals surface area contributed by atoms with E-state index in [0.717, 1.165) is 21.9 Å². The first-order chi connectivity index (χ1) is 16.0. The molecule has 8 nitrogen and oxygen atoms in total. The number of fused-ring (bicyclic) bond motifs is 1. The van der Waals surface area contributed by atoms with Gasteiger partial charge in [-0.15, -0.1) is 0 Å². The van der Waals surface area contributed by atoms with Crippen molar-refractivity contribution in [3.63, 3.8) is 0 Å². The van der Waals surface area contributed by atoms with Crippen molar-refractivity contribution in [1.82, 2.24) is 4.98 Å². The van der Waals surface area contributed by atoms with Crippen LogP contribution in [0.1, 0.15) is 42.7 Å². The molecule has 0 aliphatic heterocycles. The number of aromatic nitrogens is 1. The molecule has 1 heterocycles. The van der Waals surface area contributed by atoms with Crippen molar-refractivity contribution in [3.05, 3.63) is 72.1 Å². The Morgan fingerprint density at radius 3 is 2.48 bits per heavy atom. The lowest BCUT2D eigenvalue weighted by Gasteiger charge is -2.16. The Kier molecular flexibility index (Phi) is 8.49. The molecule has 8 heteroatoms. The van der Waals surface area contributed by atoms with Crippen molar-refractivity contribution in [2.45, 2.75) is 38.2 Å². The van der Waals surface area contributed by atoms with E-state index in [9.17, 15) is 14.4 Å². The second kappa shape index (κ2) is 11.7. The lowest BCUT2D eigenvalue weighted by atomic mass is 9.97. The topological polar surface area (TPSA) is 132 Å². The van der Waals surface area contributed by atoms with Gasteiger partial charge in [-0.2, -0.15) is 0 Å². The molecule has 0 radical (unpaired) electrons. The molecule has 3 rings (SSSR count). The van der Waals surface area contributed by atoms with Crippen LogP contribution in [0.15, 0.2) is 60.9 Å². The van der Waals surface area contributed by atoms with E-state index < -0.39 is 11.9 Å². The molecule has 1 atom stereocenters. The highest BCUT2D eigenvalue weighted by molar-refractivity contribution is 5.98. The van der Waals surface area contributed by atoms with Crippen LogP contribution in [0, 0.1) is 0 Å². The molecule has 0 aliphatic rings. The van der Waals surface area contributed by atoms with E-state index in [-0.39, 0.29) is 37.9 Å². The SMILES string of the molecule is NC[C@@H](C(=O)Nc1ccc2cnccc2c1)c1ccc(COC(=O)CCCCC(=O)O)cc1. The van der Waals surface area contributed by atoms with Gasteiger partial charge in [0.25, 0.3) is 0 Å². The number of carbonyl (C=O) groups excluding carboxylic acids is 2. The quantitative estimate of drug-likeness (QED) is 0.301. The Morgan fingerprint density at radius 2 is 1.76 bits per heavy atom. The van der Waals surface area contributed by atoms with Crippen LogP contribution in [0.5, 0.6) is 0 Å². The molecule has 4 N–H and O–H groups in total. The van der Waals surface area contributed by atoms with Gasteiger partial charge < -0.3 is 20.9 Å². The standard InChI is InChI=1S/C25H27N3O5/c26-14-22(25(32)28-21-10-9-20-15-27-12-11-19(20)13-21)18-7-5-17(6-8-18)16-33-24(31)4-2-1-3-23(29)30/h5-13,15,22H,1-4,14,16,26H2,(H,28,32)(H,29,30)/t22-/m1/s1. The zero-order chi connectivity index (χ0) is 23.6. The first-order valence-electron chi connectivity index (χ1n) is 10.8. The summed E-state index contributed by atoms with van der Waals surface area (Å²) in [6, 6.07) is 14.7. The summed E-state index contributed by atoms with van der Waals surface area (Å²) < 4.78 is 5.23. The Bertz CT molecular complexity index is 1110. The second-order valence-corrected chi connectivity index (χ2v) is 7.72. The van der Waals surface area contributed by atoms with Gasteiger partial charge >= 0.3 is 11.9 Å². The Labute approximate surface area is 191 Å². The summed E-state index contributed by atoms with van der Waals surface area (Å²) in [5, 5.41) is 13.5. The number of carboxylic acids is 1. The maximum atomic E-state index is 12.8. The highest BCUT2D eigenvalue weighted by Gasteiger charge is 2.19. The van der Waals surface area contributed by atoms with E-state index in [1.165, 1.54) is 0 Å². The van der Waals surface area contributed by atoms with Gasteiger partial charge in [0, 0.05) is 42.9 Å². The molecule has 2 aromatic carbocycles. The molecule has 1 amide bonds. The largest absolute Gasteiger partial charge is 0.481 e. The summed E-state index contributed by atoms with van der Waals surface area (Å²) in [6.45, 7) is 0.261. The van der Waals surface area contributed by atoms with E-state index in [2.05, 4.69) is 10.3 Å². The third kappa shape index (κ3) is 7.11. The van der Waals surface area contributed by atoms with Crippen molar-refractivity contribution in [2.24, 2.45) is 5.73 Å². The molecular formula is C25H27N3O5. The van der Waals surface area contributed by atoms with Crippen LogP contribution >= 0.6 is 0 Å². The van der Waals surface area contributed by atoms with Crippen molar-refractivity contribution >= 4 is 34.3 Å². The van der Waals surface area contributed by atoms with Crippen molar-refractivity contribution in [2.75, 3.05) is 11.9 Å². The lowest BCUT2D eigenvalue weighted by molar-refractivity contribution is -0.145. The van der Waals surface area contributed by atoms with Gasteiger partial charge in [0.1, 0.15) is 6.61 Å². The number of carboxylic acid groups (broad SMARTS) is 1. The molecule has 3 aromatic rings. The number of hydrogen-bond acceptors (Lipinski definition) is 6. The van der Waals surface area contributed by atoms with Gasteiger partial charge in [-0.25, -0.2) is 0 Å². The van der Waals surface area contributed by atoms with Crippen LogP contribution in [-0.2, 0) is 25.7 Å². The third-order valence-electron chi connectivity index (χ3n) is 5.26. The van der Waals surface area contributed by atoms with E-state index in [0.29, 0.717) is 18.5 Å². The molecular weight excluding hydrogens is 422 g/mol. The maximum absolute atomic E-state index is 12.8. The van der Waals surface area contributed by atoms with Crippen LogP contribution in [0.25, 0.3) is 10.8 Å². The van der Waals surface area contributed by atoms with Crippen molar-refractivity contribution in [3.8, 4) is 0 Å². The number of anilines is 1. The number of ether oxygens (including phenoxy) is 1. The average molecular weight is 450 g/mol. The monoisotopic (exact) mass is 449 g/mol. The van der Waals surface area contributed by atoms with Gasteiger partial charge in [-0.1, -0.05) is 30.3 Å². The molecule has 1 aromatic heterocycles. The zero-order valence-corrected chi connectivity index (χ0v) is 18.2. The molecule has 0 saturated heterocycles. The highest BCUT2D eigenvalue weighted by atomic mass is 16.5. The molecule has 0 fully saturated rings. The van der Waals surface area contributed by atoms with Gasteiger partial charge in [0.2, 0.25) is 5.91 Å². The van der Waals surface area contributed by atoms with Crippen molar-refractivity contribution in [1.29, 1.82) is 0 Å². The summed E-state index contributed by atoms with van der Waals surface area (Å²) in [5.74, 6) is -1.96. The predicted molar refractivity (Wildman–Crippen MR) is 125 cm³/mol. The number of benzene rings is 2. The summed E-state index contributed by atoms with van der Waals surface area (Å²) >= 11 is 0. The normalized spacial score (nSPS) is 11.7. The predicted octanol–water partition coefficient (Wildman–Crippen LogP) is 3.60. The minimum Gasteiger partial charge on any atom is -0.481 e. The molecule has 0 bridgehead atoms. The van der Waals surface area contributed by atoms with Crippen LogP contribution in [0.4, 0.5) is 5.69 Å². The molecule has 172 valence electrons. The van der Waals surface area contributed by atoms with E-state index in [1.807, 2.05) is 24.3 Å². The number of unbranched alkanes of at least 4 members (excludes halogenated alkanes) is 1. The zero-order valence-electron chi connectivity index (χ0n) is 18.2. The van der Waals surface area contributed by atoms with Crippen LogP contribution in [0.2, 0.25) is 0 Å². The first kappa shape index (κ1) is 23.9. The smallest absolute Gasteiger partial charge is 0.306 e. The number of pyridine rings is 1. The van der Waals surface area contributed by atoms with Gasteiger partial charge in [-0.05, 0) is 47.6 Å². The second-order valence-electron chi connectivity index (χ2n) is 7.72. The Morgan fingerprint density at radius 1 is 1.00 bits per heavy atom. The number of aliphatic carboxylic acids is 1. The number of nitrogens with one attached hydrogen (secondary N) is 1. The third-order valence-corrected chi connectivity index (χ3v) is 5.26. The summed E-state index contributed by atoms with van der Waals surface area (Å²) in [5.41, 5.74) is 8.13. The van der Waals surface area contributed by atoms with Crippen LogP contribution in [-0.4, -0.2) is 34.5 Å². The fourth-order valence-corrected chi connectivity index (χ4v) is 3.41. The minimum absolute atomic E-state index is 0.0446. The number of nitrogens with two attached hydrogens (primary N) is 1. The lowest BCUT2D eigenvalue weighted by Crippen LogP contribution is -2.27. The summed E-state index contributed by atoms with van der Waals surface area (Å²) in [7, 11) is 0. The molecule has 33 heavy (non-hydrogen) atoms. The van der Waals surface area contributed by atoms with Crippen molar-refractivity contribution < 1.29 is 24.2 Å². The van der Waals surface area contributed by atoms with Crippen LogP contribution < -0.4 is 11.1 Å². The fraction of sp³-hybridized carbons (Fsp3) is 0.280. The highest BCUT2D eigenvalue weighted by Crippen LogP contribution is 2.22. The van der Waals surface area contributed by atoms with E-state index in [1.54, 1.807) is 36.7 Å². The average Bonchev–Trinajstić information content (AvgIpc) is 2.81. The molecule has 0 saturated carbocycles. The Balaban J connectivity index is 1.53. The van der Waals surface area contributed by atoms with Crippen LogP contribution in [0.3, 0.4) is 0 Å². The molecule has 0 spiro atoms. The summed E-state index contributed by atoms with van der Waals surface area (Å²) in [6.07, 6.45) is 4.62. The summed E-state index contributed by atoms with van der Waals surface area (Å²) in [4.78, 5) is 39.2. The number of nitrogens with zero attached hydrogens (tertiary/aromatic N) is 1. The number of hydrogen-bond donors (Lipinski definition) is 3. The number of esters is 1. The van der Waals surface area contributed by atoms with Gasteiger partial charge in [0.15, 0.2) is 0 Å². The number of rotatable bonds is 11. The first-order valence-corrected chi connectivity index (χ1v) is 10.8. The number of carbonyl (C=O) groups is 3. The Hall–Kier alpha value is -3.78.